The molecule has 66 valence electrons. The zero-order valence-electron chi connectivity index (χ0n) is 6.58. The van der Waals surface area contributed by atoms with Crippen molar-refractivity contribution in [2.45, 2.75) is 6.61 Å². The lowest BCUT2D eigenvalue weighted by atomic mass is 10.3. The van der Waals surface area contributed by atoms with Crippen LogP contribution in [0.4, 0.5) is 0 Å². The maximum absolute atomic E-state index is 8.68. The summed E-state index contributed by atoms with van der Waals surface area (Å²) in [5.74, 6) is 0.589. The lowest BCUT2D eigenvalue weighted by Crippen LogP contribution is -1.85. The van der Waals surface area contributed by atoms with Crippen LogP contribution in [0.25, 0.3) is 11.5 Å². The number of aliphatic hydroxyl groups is 1. The molecule has 0 aliphatic rings. The molecule has 0 saturated carbocycles. The summed E-state index contributed by atoms with van der Waals surface area (Å²) in [4.78, 5) is 3.90. The summed E-state index contributed by atoms with van der Waals surface area (Å²) >= 11 is 0. The summed E-state index contributed by atoms with van der Waals surface area (Å²) in [5.41, 5.74) is 0.683. The molecule has 0 spiro atoms. The van der Waals surface area contributed by atoms with E-state index in [-0.39, 0.29) is 12.4 Å². The summed E-state index contributed by atoms with van der Waals surface area (Å²) in [6.07, 6.45) is 3.03. The van der Waals surface area contributed by atoms with Crippen LogP contribution < -0.4 is 0 Å². The van der Waals surface area contributed by atoms with Gasteiger partial charge in [-0.3, -0.25) is 0 Å². The smallest absolute Gasteiger partial charge is 0.259 e. The van der Waals surface area contributed by atoms with Gasteiger partial charge in [-0.05, 0) is 6.07 Å². The molecule has 0 radical (unpaired) electrons. The van der Waals surface area contributed by atoms with Crippen molar-refractivity contribution < 1.29 is 9.63 Å². The molecule has 6 heteroatoms. The molecule has 13 heavy (non-hydrogen) atoms. The number of hydrogen-bond acceptors (Lipinski definition) is 6. The number of rotatable bonds is 2. The fourth-order valence-electron chi connectivity index (χ4n) is 0.853. The predicted octanol–water partition coefficient (Wildman–Crippen LogP) is 0.0189. The fraction of sp³-hybridized carbons (Fsp3) is 0.143. The van der Waals surface area contributed by atoms with Crippen LogP contribution in [-0.2, 0) is 6.61 Å². The van der Waals surface area contributed by atoms with E-state index in [4.69, 9.17) is 9.63 Å². The highest BCUT2D eigenvalue weighted by Gasteiger charge is 2.06. The van der Waals surface area contributed by atoms with Crippen LogP contribution in [0.15, 0.2) is 23.0 Å². The molecule has 0 fully saturated rings. The fourth-order valence-corrected chi connectivity index (χ4v) is 0.853. The zero-order valence-corrected chi connectivity index (χ0v) is 6.58. The first-order valence-electron chi connectivity index (χ1n) is 3.60. The Morgan fingerprint density at radius 1 is 1.38 bits per heavy atom. The van der Waals surface area contributed by atoms with Gasteiger partial charge < -0.3 is 9.63 Å². The summed E-state index contributed by atoms with van der Waals surface area (Å²) in [5, 5.41) is 19.5. The van der Waals surface area contributed by atoms with Gasteiger partial charge in [0, 0.05) is 0 Å². The van der Waals surface area contributed by atoms with Crippen LogP contribution in [-0.4, -0.2) is 25.4 Å². The Hall–Kier alpha value is -1.82. The van der Waals surface area contributed by atoms with Gasteiger partial charge in [-0.2, -0.15) is 15.2 Å². The minimum atomic E-state index is -0.234. The van der Waals surface area contributed by atoms with Crippen molar-refractivity contribution in [1.82, 2.24) is 20.3 Å². The van der Waals surface area contributed by atoms with Crippen molar-refractivity contribution in [1.29, 1.82) is 0 Å². The van der Waals surface area contributed by atoms with Gasteiger partial charge in [0.05, 0.1) is 18.0 Å². The second-order valence-electron chi connectivity index (χ2n) is 2.30. The van der Waals surface area contributed by atoms with Crippen molar-refractivity contribution in [3.8, 4) is 11.5 Å². The van der Waals surface area contributed by atoms with E-state index in [2.05, 4.69) is 20.3 Å². The average molecular weight is 178 g/mol. The molecule has 0 amide bonds. The Balaban J connectivity index is 2.36. The number of nitrogens with zero attached hydrogens (tertiary/aromatic N) is 4. The van der Waals surface area contributed by atoms with E-state index in [1.54, 1.807) is 6.07 Å². The van der Waals surface area contributed by atoms with Gasteiger partial charge in [-0.1, -0.05) is 5.16 Å². The molecule has 0 bridgehead atoms. The first-order chi connectivity index (χ1) is 6.40. The van der Waals surface area contributed by atoms with Crippen LogP contribution in [0.5, 0.6) is 0 Å². The van der Waals surface area contributed by atoms with E-state index in [9.17, 15) is 0 Å². The molecular formula is C7H6N4O2. The Bertz CT molecular complexity index is 386. The summed E-state index contributed by atoms with van der Waals surface area (Å²) in [7, 11) is 0. The molecule has 2 aromatic rings. The second-order valence-corrected chi connectivity index (χ2v) is 2.30. The molecule has 0 atom stereocenters. The number of hydrogen-bond donors (Lipinski definition) is 1. The van der Waals surface area contributed by atoms with E-state index >= 15 is 0 Å². The maximum atomic E-state index is 8.68. The lowest BCUT2D eigenvalue weighted by molar-refractivity contribution is 0.264. The molecule has 0 aromatic carbocycles. The van der Waals surface area contributed by atoms with E-state index in [1.165, 1.54) is 12.4 Å². The van der Waals surface area contributed by atoms with Crippen molar-refractivity contribution in [2.75, 3.05) is 0 Å². The van der Waals surface area contributed by atoms with Gasteiger partial charge in [-0.15, -0.1) is 0 Å². The van der Waals surface area contributed by atoms with E-state index in [0.29, 0.717) is 11.5 Å². The molecule has 0 aliphatic carbocycles. The molecule has 0 saturated heterocycles. The Kier molecular flexibility index (Phi) is 1.97. The lowest BCUT2D eigenvalue weighted by Gasteiger charge is -1.88. The average Bonchev–Trinajstić information content (AvgIpc) is 2.67. The largest absolute Gasteiger partial charge is 0.388 e. The maximum Gasteiger partial charge on any atom is 0.259 e. The SMILES string of the molecule is OCc1noc(-c2ccnnc2)n1. The van der Waals surface area contributed by atoms with Gasteiger partial charge in [0.1, 0.15) is 6.61 Å². The van der Waals surface area contributed by atoms with Gasteiger partial charge in [0.2, 0.25) is 0 Å². The summed E-state index contributed by atoms with van der Waals surface area (Å²) in [6.45, 7) is -0.234. The summed E-state index contributed by atoms with van der Waals surface area (Å²) in [6, 6.07) is 1.70. The minimum Gasteiger partial charge on any atom is -0.388 e. The Labute approximate surface area is 73.2 Å². The first kappa shape index (κ1) is 7.81. The van der Waals surface area contributed by atoms with Crippen LogP contribution in [0.3, 0.4) is 0 Å². The molecule has 2 rings (SSSR count). The normalized spacial score (nSPS) is 10.2. The topological polar surface area (TPSA) is 84.9 Å². The number of aliphatic hydroxyl groups excluding tert-OH is 1. The molecule has 2 aromatic heterocycles. The molecule has 0 aliphatic heterocycles. The molecular weight excluding hydrogens is 172 g/mol. The van der Waals surface area contributed by atoms with Crippen molar-refractivity contribution in [3.05, 3.63) is 24.3 Å². The highest BCUT2D eigenvalue weighted by atomic mass is 16.5. The number of aromatic nitrogens is 4. The van der Waals surface area contributed by atoms with E-state index in [0.717, 1.165) is 0 Å². The quantitative estimate of drug-likeness (QED) is 0.697. The Morgan fingerprint density at radius 3 is 2.92 bits per heavy atom. The van der Waals surface area contributed by atoms with Crippen molar-refractivity contribution in [3.63, 3.8) is 0 Å². The predicted molar refractivity (Wildman–Crippen MR) is 41.2 cm³/mol. The second kappa shape index (κ2) is 3.28. The van der Waals surface area contributed by atoms with Gasteiger partial charge >= 0.3 is 0 Å². The third-order valence-corrected chi connectivity index (χ3v) is 1.44. The van der Waals surface area contributed by atoms with E-state index in [1.807, 2.05) is 0 Å². The van der Waals surface area contributed by atoms with E-state index < -0.39 is 0 Å². The zero-order chi connectivity index (χ0) is 9.10. The van der Waals surface area contributed by atoms with Crippen LogP contribution >= 0.6 is 0 Å². The highest BCUT2D eigenvalue weighted by Crippen LogP contribution is 2.13. The van der Waals surface area contributed by atoms with Gasteiger partial charge in [0.25, 0.3) is 5.89 Å². The molecule has 1 N–H and O–H groups in total. The van der Waals surface area contributed by atoms with Crippen LogP contribution in [0, 0.1) is 0 Å². The minimum absolute atomic E-state index is 0.234. The molecule has 0 unspecified atom stereocenters. The van der Waals surface area contributed by atoms with Gasteiger partial charge in [0.15, 0.2) is 5.82 Å². The van der Waals surface area contributed by atoms with Crippen LogP contribution in [0.2, 0.25) is 0 Å². The first-order valence-corrected chi connectivity index (χ1v) is 3.60. The van der Waals surface area contributed by atoms with Gasteiger partial charge in [-0.25, -0.2) is 0 Å². The van der Waals surface area contributed by atoms with Crippen LogP contribution in [0.1, 0.15) is 5.82 Å². The molecule has 6 nitrogen and oxygen atoms in total. The standard InChI is InChI=1S/C7H6N4O2/c12-4-6-10-7(13-11-6)5-1-2-8-9-3-5/h1-3,12H,4H2. The molecule has 2 heterocycles. The third-order valence-electron chi connectivity index (χ3n) is 1.44. The third kappa shape index (κ3) is 1.52. The highest BCUT2D eigenvalue weighted by molar-refractivity contribution is 5.49. The monoisotopic (exact) mass is 178 g/mol. The summed E-state index contributed by atoms with van der Waals surface area (Å²) < 4.78 is 4.85. The van der Waals surface area contributed by atoms with Crippen molar-refractivity contribution in [2.24, 2.45) is 0 Å². The Morgan fingerprint density at radius 2 is 2.31 bits per heavy atom. The van der Waals surface area contributed by atoms with Crippen molar-refractivity contribution >= 4 is 0 Å².